The van der Waals surface area contributed by atoms with Crippen LogP contribution in [0.25, 0.3) is 0 Å². The van der Waals surface area contributed by atoms with Gasteiger partial charge in [-0.1, -0.05) is 20.0 Å². The number of hydrogen-bond donors (Lipinski definition) is 0. The predicted molar refractivity (Wildman–Crippen MR) is 59.3 cm³/mol. The topological polar surface area (TPSA) is 6.48 Å². The van der Waals surface area contributed by atoms with E-state index in [1.54, 1.807) is 0 Å². The van der Waals surface area contributed by atoms with Crippen LogP contribution < -0.4 is 0 Å². The van der Waals surface area contributed by atoms with Gasteiger partial charge in [-0.15, -0.1) is 0 Å². The first-order valence-corrected chi connectivity index (χ1v) is 7.63. The molecule has 0 aromatic carbocycles. The maximum absolute atomic E-state index is 2.42. The largest absolute Gasteiger partial charge is 0.295 e. The van der Waals surface area contributed by atoms with Crippen molar-refractivity contribution in [2.45, 2.75) is 31.7 Å². The smallest absolute Gasteiger partial charge is 0.0732 e. The van der Waals surface area contributed by atoms with Crippen molar-refractivity contribution < 1.29 is 0 Å². The van der Waals surface area contributed by atoms with Crippen molar-refractivity contribution in [3.8, 4) is 0 Å². The van der Waals surface area contributed by atoms with Crippen LogP contribution in [0.3, 0.4) is 0 Å². The highest BCUT2D eigenvalue weighted by molar-refractivity contribution is 6.59. The van der Waals surface area contributed by atoms with E-state index in [0.717, 1.165) is 0 Å². The lowest BCUT2D eigenvalue weighted by atomic mass is 10.3. The molecule has 0 rings (SSSR count). The molecule has 0 heterocycles. The van der Waals surface area contributed by atoms with Gasteiger partial charge in [0.25, 0.3) is 0 Å². The van der Waals surface area contributed by atoms with Crippen LogP contribution in [0.2, 0.25) is 13.1 Å². The normalized spacial score (nSPS) is 13.5. The first-order chi connectivity index (χ1) is 5.39. The summed E-state index contributed by atoms with van der Waals surface area (Å²) in [5, 5.41) is 0.347. The Bertz CT molecular complexity index is 111. The summed E-state index contributed by atoms with van der Waals surface area (Å²) in [6.07, 6.45) is 1.22. The van der Waals surface area contributed by atoms with Gasteiger partial charge in [-0.3, -0.25) is 9.80 Å². The Hall–Kier alpha value is 0.137. The predicted octanol–water partition coefficient (Wildman–Crippen LogP) is 1.24. The summed E-state index contributed by atoms with van der Waals surface area (Å²) < 4.78 is 0. The minimum Gasteiger partial charge on any atom is -0.295 e. The van der Waals surface area contributed by atoms with Crippen LogP contribution in [0, 0.1) is 0 Å². The highest BCUT2D eigenvalue weighted by atomic mass is 28.3. The molecule has 0 aliphatic rings. The summed E-state index contributed by atoms with van der Waals surface area (Å²) in [6, 6.07) is 0. The third-order valence-electron chi connectivity index (χ3n) is 2.99. The quantitative estimate of drug-likeness (QED) is 0.484. The molecular formula is C9H24N2Si. The molecule has 0 unspecified atom stereocenters. The van der Waals surface area contributed by atoms with Crippen molar-refractivity contribution in [2.75, 3.05) is 28.2 Å². The van der Waals surface area contributed by atoms with Crippen LogP contribution >= 0.6 is 0 Å². The van der Waals surface area contributed by atoms with E-state index in [4.69, 9.17) is 0 Å². The fraction of sp³-hybridized carbons (Fsp3) is 1.00. The third kappa shape index (κ3) is 1.89. The zero-order valence-electron chi connectivity index (χ0n) is 9.68. The highest BCUT2D eigenvalue weighted by Gasteiger charge is 2.36. The van der Waals surface area contributed by atoms with Crippen molar-refractivity contribution in [3.63, 3.8) is 0 Å². The Morgan fingerprint density at radius 2 is 1.33 bits per heavy atom. The van der Waals surface area contributed by atoms with Gasteiger partial charge in [0.2, 0.25) is 0 Å². The summed E-state index contributed by atoms with van der Waals surface area (Å²) in [7, 11) is 8.08. The average molecular weight is 188 g/mol. The summed E-state index contributed by atoms with van der Waals surface area (Å²) >= 11 is 0. The molecule has 0 atom stereocenters. The maximum atomic E-state index is 2.42. The van der Waals surface area contributed by atoms with Gasteiger partial charge in [0, 0.05) is 0 Å². The standard InChI is InChI=1S/C9H24N2Si/c1-8-9(10(2)3,11(4)5)12(6)7/h12H,8H2,1-7H3. The van der Waals surface area contributed by atoms with Gasteiger partial charge in [0.1, 0.15) is 0 Å². The molecule has 12 heavy (non-hydrogen) atoms. The Morgan fingerprint density at radius 3 is 1.33 bits per heavy atom. The zero-order chi connectivity index (χ0) is 9.94. The minimum absolute atomic E-state index is 0.347. The van der Waals surface area contributed by atoms with Crippen LogP contribution in [0.15, 0.2) is 0 Å². The van der Waals surface area contributed by atoms with Gasteiger partial charge < -0.3 is 0 Å². The van der Waals surface area contributed by atoms with Crippen LogP contribution in [-0.2, 0) is 0 Å². The molecule has 0 bridgehead atoms. The van der Waals surface area contributed by atoms with E-state index < -0.39 is 8.80 Å². The van der Waals surface area contributed by atoms with E-state index in [1.807, 2.05) is 0 Å². The molecule has 0 aromatic rings. The SMILES string of the molecule is CCC(N(C)C)(N(C)C)[SiH](C)C. The zero-order valence-corrected chi connectivity index (χ0v) is 10.8. The molecule has 2 nitrogen and oxygen atoms in total. The molecule has 0 saturated heterocycles. The molecule has 0 aliphatic heterocycles. The van der Waals surface area contributed by atoms with E-state index in [9.17, 15) is 0 Å². The Labute approximate surface area is 79.2 Å². The molecule has 0 amide bonds. The Balaban J connectivity index is 4.77. The first kappa shape index (κ1) is 12.1. The van der Waals surface area contributed by atoms with Gasteiger partial charge in [-0.05, 0) is 34.6 Å². The summed E-state index contributed by atoms with van der Waals surface area (Å²) in [5.41, 5.74) is 0. The number of nitrogens with zero attached hydrogens (tertiary/aromatic N) is 2. The molecule has 0 saturated carbocycles. The van der Waals surface area contributed by atoms with Gasteiger partial charge >= 0.3 is 0 Å². The van der Waals surface area contributed by atoms with E-state index in [1.165, 1.54) is 6.42 Å². The molecule has 0 spiro atoms. The van der Waals surface area contributed by atoms with Crippen LogP contribution in [0.4, 0.5) is 0 Å². The third-order valence-corrected chi connectivity index (χ3v) is 6.28. The first-order valence-electron chi connectivity index (χ1n) is 4.74. The highest BCUT2D eigenvalue weighted by Crippen LogP contribution is 2.22. The summed E-state index contributed by atoms with van der Waals surface area (Å²) in [5.74, 6) is 0. The van der Waals surface area contributed by atoms with Crippen molar-refractivity contribution >= 4 is 8.80 Å². The Morgan fingerprint density at radius 1 is 1.00 bits per heavy atom. The van der Waals surface area contributed by atoms with Crippen LogP contribution in [0.1, 0.15) is 13.3 Å². The monoisotopic (exact) mass is 188 g/mol. The van der Waals surface area contributed by atoms with Crippen LogP contribution in [0.5, 0.6) is 0 Å². The number of hydrogen-bond acceptors (Lipinski definition) is 2. The molecule has 3 heteroatoms. The molecule has 0 fully saturated rings. The van der Waals surface area contributed by atoms with Crippen molar-refractivity contribution in [1.82, 2.24) is 9.80 Å². The lowest BCUT2D eigenvalue weighted by Gasteiger charge is -2.47. The van der Waals surface area contributed by atoms with E-state index in [-0.39, 0.29) is 0 Å². The maximum Gasteiger partial charge on any atom is 0.0732 e. The molecule has 0 aliphatic carbocycles. The second-order valence-corrected chi connectivity index (χ2v) is 7.41. The lowest BCUT2D eigenvalue weighted by Crippen LogP contribution is -2.62. The molecule has 0 radical (unpaired) electrons. The summed E-state index contributed by atoms with van der Waals surface area (Å²) in [4.78, 5) is 4.76. The van der Waals surface area contributed by atoms with E-state index in [2.05, 4.69) is 58.0 Å². The molecule has 0 N–H and O–H groups in total. The average Bonchev–Trinajstić information content (AvgIpc) is 1.86. The van der Waals surface area contributed by atoms with Gasteiger partial charge in [-0.25, -0.2) is 0 Å². The second kappa shape index (κ2) is 4.39. The fourth-order valence-electron chi connectivity index (χ4n) is 2.47. The second-order valence-electron chi connectivity index (χ2n) is 4.18. The van der Waals surface area contributed by atoms with E-state index in [0.29, 0.717) is 5.29 Å². The minimum atomic E-state index is -0.685. The van der Waals surface area contributed by atoms with Crippen molar-refractivity contribution in [2.24, 2.45) is 0 Å². The van der Waals surface area contributed by atoms with E-state index >= 15 is 0 Å². The van der Waals surface area contributed by atoms with Gasteiger partial charge in [0.15, 0.2) is 0 Å². The number of rotatable bonds is 4. The lowest BCUT2D eigenvalue weighted by molar-refractivity contribution is 0.0737. The molecule has 0 aromatic heterocycles. The van der Waals surface area contributed by atoms with Crippen molar-refractivity contribution in [3.05, 3.63) is 0 Å². The fourth-order valence-corrected chi connectivity index (χ4v) is 5.36. The summed E-state index contributed by atoms with van der Waals surface area (Å²) in [6.45, 7) is 7.12. The van der Waals surface area contributed by atoms with Crippen LogP contribution in [-0.4, -0.2) is 52.1 Å². The molecule has 74 valence electrons. The van der Waals surface area contributed by atoms with Crippen molar-refractivity contribution in [1.29, 1.82) is 0 Å². The van der Waals surface area contributed by atoms with Gasteiger partial charge in [-0.2, -0.15) is 0 Å². The van der Waals surface area contributed by atoms with Gasteiger partial charge in [0.05, 0.1) is 14.1 Å². The molecular weight excluding hydrogens is 164 g/mol. The Kier molecular flexibility index (Phi) is 4.44.